The van der Waals surface area contributed by atoms with Crippen molar-refractivity contribution in [1.82, 2.24) is 24.4 Å². The van der Waals surface area contributed by atoms with Gasteiger partial charge in [0.15, 0.2) is 0 Å². The quantitative estimate of drug-likeness (QED) is 0.496. The van der Waals surface area contributed by atoms with Crippen molar-refractivity contribution in [3.05, 3.63) is 88.0 Å². The minimum atomic E-state index is -0.523. The molecule has 0 aliphatic carbocycles. The molecule has 4 aromatic rings. The molecule has 2 aromatic heterocycles. The molecule has 0 saturated carbocycles. The van der Waals surface area contributed by atoms with E-state index in [-0.39, 0.29) is 11.5 Å². The van der Waals surface area contributed by atoms with E-state index >= 15 is 0 Å². The highest BCUT2D eigenvalue weighted by Gasteiger charge is 2.25. The Morgan fingerprint density at radius 2 is 2.00 bits per heavy atom. The molecule has 0 spiro atoms. The normalized spacial score (nSPS) is 14.3. The fourth-order valence-electron chi connectivity index (χ4n) is 4.62. The Morgan fingerprint density at radius 3 is 2.79 bits per heavy atom. The Hall–Kier alpha value is -3.94. The Bertz CT molecular complexity index is 1420. The summed E-state index contributed by atoms with van der Waals surface area (Å²) in [7, 11) is 3.49. The number of para-hydroxylation sites is 1. The summed E-state index contributed by atoms with van der Waals surface area (Å²) in [5.74, 6) is 1.86. The van der Waals surface area contributed by atoms with Crippen LogP contribution >= 0.6 is 0 Å². The Labute approximate surface area is 197 Å². The third-order valence-electron chi connectivity index (χ3n) is 6.42. The zero-order valence-corrected chi connectivity index (χ0v) is 19.3. The number of nitrogens with zero attached hydrogens (tertiary/aromatic N) is 4. The van der Waals surface area contributed by atoms with Crippen LogP contribution in [0.4, 0.5) is 0 Å². The predicted octanol–water partition coefficient (Wildman–Crippen LogP) is 3.38. The van der Waals surface area contributed by atoms with Crippen molar-refractivity contribution in [2.75, 3.05) is 7.11 Å². The number of fused-ring (bicyclic) bond motifs is 2. The van der Waals surface area contributed by atoms with E-state index in [1.54, 1.807) is 36.1 Å². The highest BCUT2D eigenvalue weighted by molar-refractivity contribution is 5.98. The topological polar surface area (TPSA) is 91.0 Å². The van der Waals surface area contributed by atoms with Crippen LogP contribution in [0.3, 0.4) is 0 Å². The van der Waals surface area contributed by atoms with Crippen LogP contribution in [0.1, 0.15) is 52.9 Å². The van der Waals surface area contributed by atoms with Crippen LogP contribution in [0, 0.1) is 0 Å². The highest BCUT2D eigenvalue weighted by atomic mass is 16.5. The second-order valence-electron chi connectivity index (χ2n) is 8.57. The lowest BCUT2D eigenvalue weighted by Gasteiger charge is -2.21. The first-order valence-corrected chi connectivity index (χ1v) is 11.5. The van der Waals surface area contributed by atoms with Gasteiger partial charge in [-0.05, 0) is 37.1 Å². The van der Waals surface area contributed by atoms with Gasteiger partial charge < -0.3 is 14.6 Å². The maximum atomic E-state index is 13.4. The first-order chi connectivity index (χ1) is 16.6. The molecule has 2 aromatic carbocycles. The van der Waals surface area contributed by atoms with Crippen molar-refractivity contribution in [1.29, 1.82) is 0 Å². The molecule has 5 rings (SSSR count). The Morgan fingerprint density at radius 1 is 1.15 bits per heavy atom. The second kappa shape index (κ2) is 9.13. The summed E-state index contributed by atoms with van der Waals surface area (Å²) in [6.45, 7) is 0.698. The first kappa shape index (κ1) is 21.9. The van der Waals surface area contributed by atoms with Crippen LogP contribution in [-0.2, 0) is 20.0 Å². The van der Waals surface area contributed by atoms with E-state index in [4.69, 9.17) is 9.72 Å². The highest BCUT2D eigenvalue weighted by Crippen LogP contribution is 2.29. The lowest BCUT2D eigenvalue weighted by Crippen LogP contribution is -2.31. The number of nitrogens with one attached hydrogen (secondary N) is 1. The summed E-state index contributed by atoms with van der Waals surface area (Å²) >= 11 is 0. The number of imidazole rings is 1. The molecule has 8 heteroatoms. The molecule has 8 nitrogen and oxygen atoms in total. The molecule has 1 aliphatic heterocycles. The molecule has 174 valence electrons. The van der Waals surface area contributed by atoms with Crippen LogP contribution in [-0.4, -0.2) is 32.1 Å². The van der Waals surface area contributed by atoms with Gasteiger partial charge in [-0.25, -0.2) is 9.97 Å². The summed E-state index contributed by atoms with van der Waals surface area (Å²) in [5, 5.41) is 3.64. The summed E-state index contributed by atoms with van der Waals surface area (Å²) in [6, 6.07) is 12.1. The molecule has 1 N–H and O–H groups in total. The van der Waals surface area contributed by atoms with Crippen LogP contribution in [0.25, 0.3) is 10.9 Å². The van der Waals surface area contributed by atoms with E-state index in [0.29, 0.717) is 34.6 Å². The van der Waals surface area contributed by atoms with Crippen molar-refractivity contribution >= 4 is 16.8 Å². The Kier molecular flexibility index (Phi) is 5.88. The predicted molar refractivity (Wildman–Crippen MR) is 129 cm³/mol. The molecule has 34 heavy (non-hydrogen) atoms. The lowest BCUT2D eigenvalue weighted by molar-refractivity contribution is 0.0941. The number of hydrogen-bond donors (Lipinski definition) is 1. The van der Waals surface area contributed by atoms with Gasteiger partial charge in [0.25, 0.3) is 11.5 Å². The molecule has 0 fully saturated rings. The molecule has 0 unspecified atom stereocenters. The average molecular weight is 458 g/mol. The van der Waals surface area contributed by atoms with E-state index in [2.05, 4.69) is 10.3 Å². The van der Waals surface area contributed by atoms with E-state index < -0.39 is 6.04 Å². The SMILES string of the molecule is COc1ccccc1[C@@H](NC(=O)c1ccc2c(=O)n3c(nc2c1)CCCCC3)c1nccn1C. The number of ether oxygens (including phenoxy) is 1. The number of carbonyl (C=O) groups is 1. The fourth-order valence-corrected chi connectivity index (χ4v) is 4.62. The second-order valence-corrected chi connectivity index (χ2v) is 8.57. The van der Waals surface area contributed by atoms with Gasteiger partial charge in [0.05, 0.1) is 18.0 Å². The maximum absolute atomic E-state index is 13.4. The summed E-state index contributed by atoms with van der Waals surface area (Å²) < 4.78 is 9.21. The van der Waals surface area contributed by atoms with Gasteiger partial charge in [-0.1, -0.05) is 24.6 Å². The smallest absolute Gasteiger partial charge is 0.261 e. The standard InChI is InChI=1S/C26H27N5O3/c1-30-15-13-27-24(30)23(19-8-5-6-9-21(19)34-2)29-25(32)17-11-12-18-20(16-17)28-22-10-4-3-7-14-31(22)26(18)33/h5-6,8-9,11-13,15-16,23H,3-4,7,10,14H2,1-2H3,(H,29,32)/t23-/m1/s1. The van der Waals surface area contributed by atoms with Crippen LogP contribution in [0.5, 0.6) is 5.75 Å². The van der Waals surface area contributed by atoms with E-state index in [9.17, 15) is 9.59 Å². The summed E-state index contributed by atoms with van der Waals surface area (Å²) in [6.07, 6.45) is 7.40. The molecule has 0 saturated heterocycles. The largest absolute Gasteiger partial charge is 0.496 e. The Balaban J connectivity index is 1.53. The number of hydrogen-bond acceptors (Lipinski definition) is 5. The number of methoxy groups -OCH3 is 1. The minimum Gasteiger partial charge on any atom is -0.496 e. The molecule has 0 bridgehead atoms. The van der Waals surface area contributed by atoms with Gasteiger partial charge in [0.1, 0.15) is 23.4 Å². The average Bonchev–Trinajstić information content (AvgIpc) is 3.13. The van der Waals surface area contributed by atoms with Crippen LogP contribution in [0.2, 0.25) is 0 Å². The van der Waals surface area contributed by atoms with Crippen LogP contribution < -0.4 is 15.6 Å². The summed E-state index contributed by atoms with van der Waals surface area (Å²) in [4.78, 5) is 35.7. The van der Waals surface area contributed by atoms with Gasteiger partial charge in [-0.2, -0.15) is 0 Å². The summed E-state index contributed by atoms with van der Waals surface area (Å²) in [5.41, 5.74) is 1.76. The monoisotopic (exact) mass is 457 g/mol. The molecule has 3 heterocycles. The fraction of sp³-hybridized carbons (Fsp3) is 0.308. The van der Waals surface area contributed by atoms with Gasteiger partial charge in [0, 0.05) is 43.5 Å². The number of carbonyl (C=O) groups excluding carboxylic acids is 1. The number of rotatable bonds is 5. The van der Waals surface area contributed by atoms with Crippen molar-refractivity contribution in [2.24, 2.45) is 7.05 Å². The molecule has 1 aliphatic rings. The van der Waals surface area contributed by atoms with Gasteiger partial charge in [-0.3, -0.25) is 14.2 Å². The van der Waals surface area contributed by atoms with Crippen molar-refractivity contribution in [3.63, 3.8) is 0 Å². The van der Waals surface area contributed by atoms with Gasteiger partial charge in [0.2, 0.25) is 0 Å². The molecular weight excluding hydrogens is 430 g/mol. The van der Waals surface area contributed by atoms with Gasteiger partial charge >= 0.3 is 0 Å². The number of aromatic nitrogens is 4. The lowest BCUT2D eigenvalue weighted by atomic mass is 10.0. The van der Waals surface area contributed by atoms with E-state index in [0.717, 1.165) is 37.1 Å². The van der Waals surface area contributed by atoms with Crippen molar-refractivity contribution in [2.45, 2.75) is 38.3 Å². The number of amides is 1. The third kappa shape index (κ3) is 3.96. The number of benzene rings is 2. The zero-order valence-electron chi connectivity index (χ0n) is 19.3. The molecule has 0 radical (unpaired) electrons. The number of aryl methyl sites for hydroxylation is 2. The third-order valence-corrected chi connectivity index (χ3v) is 6.42. The maximum Gasteiger partial charge on any atom is 0.261 e. The van der Waals surface area contributed by atoms with Gasteiger partial charge in [-0.15, -0.1) is 0 Å². The molecule has 1 amide bonds. The molecule has 1 atom stereocenters. The van der Waals surface area contributed by atoms with Crippen molar-refractivity contribution < 1.29 is 9.53 Å². The minimum absolute atomic E-state index is 0.0335. The molecular formula is C26H27N5O3. The van der Waals surface area contributed by atoms with E-state index in [1.807, 2.05) is 42.1 Å². The van der Waals surface area contributed by atoms with E-state index in [1.165, 1.54) is 0 Å². The first-order valence-electron chi connectivity index (χ1n) is 11.5. The van der Waals surface area contributed by atoms with Crippen molar-refractivity contribution in [3.8, 4) is 5.75 Å². The van der Waals surface area contributed by atoms with Crippen LogP contribution in [0.15, 0.2) is 59.7 Å². The zero-order chi connectivity index (χ0) is 23.7.